The first-order chi connectivity index (χ1) is 11.9. The Kier molecular flexibility index (Phi) is 8.74. The lowest BCUT2D eigenvalue weighted by Crippen LogP contribution is -1.92. The minimum absolute atomic E-state index is 1.25. The van der Waals surface area contributed by atoms with Crippen LogP contribution in [0, 0.1) is 0 Å². The van der Waals surface area contributed by atoms with Crippen LogP contribution < -0.4 is 0 Å². The van der Waals surface area contributed by atoms with Crippen molar-refractivity contribution in [2.45, 2.75) is 0 Å². The summed E-state index contributed by atoms with van der Waals surface area (Å²) in [5.74, 6) is 10.1. The molecule has 6 bridgehead atoms. The van der Waals surface area contributed by atoms with Crippen molar-refractivity contribution in [2.24, 2.45) is 0 Å². The molecule has 0 fully saturated rings. The van der Waals surface area contributed by atoms with E-state index in [0.29, 0.717) is 0 Å². The van der Waals surface area contributed by atoms with Crippen LogP contribution in [0.5, 0.6) is 0 Å². The van der Waals surface area contributed by atoms with Crippen molar-refractivity contribution in [3.05, 3.63) is 25.4 Å². The Labute approximate surface area is 187 Å². The quantitative estimate of drug-likeness (QED) is 0.319. The van der Waals surface area contributed by atoms with E-state index in [1.807, 2.05) is 47.0 Å². The molecule has 0 spiro atoms. The van der Waals surface area contributed by atoms with E-state index in [0.717, 1.165) is 0 Å². The molecule has 4 heterocycles. The van der Waals surface area contributed by atoms with Crippen LogP contribution in [-0.4, -0.2) is 46.0 Å². The van der Waals surface area contributed by atoms with Gasteiger partial charge >= 0.3 is 0 Å². The lowest BCUT2D eigenvalue weighted by Gasteiger charge is -2.08. The Morgan fingerprint density at radius 1 is 0.333 bits per heavy atom. The van der Waals surface area contributed by atoms with Gasteiger partial charge in [0.15, 0.2) is 0 Å². The molecule has 4 aliphatic rings. The number of fused-ring (bicyclic) bond motifs is 4. The highest BCUT2D eigenvalue weighted by Crippen LogP contribution is 2.66. The molecule has 0 aromatic heterocycles. The molecule has 0 unspecified atom stereocenters. The van der Waals surface area contributed by atoms with Gasteiger partial charge in [-0.3, -0.25) is 0 Å². The number of rotatable bonds is 0. The Morgan fingerprint density at radius 2 is 0.625 bits per heavy atom. The molecule has 0 radical (unpaired) electrons. The molecular formula is C14H16S10. The number of thioether (sulfide) groups is 10. The van der Waals surface area contributed by atoms with Gasteiger partial charge in [0, 0.05) is 46.0 Å². The van der Waals surface area contributed by atoms with Gasteiger partial charge in [-0.05, 0) is 0 Å². The molecule has 0 saturated carbocycles. The normalized spacial score (nSPS) is 27.0. The molecule has 0 saturated heterocycles. The Hall–Kier alpha value is 2.72. The maximum Gasteiger partial charge on any atom is 0.0717 e. The van der Waals surface area contributed by atoms with E-state index in [1.165, 1.54) is 46.0 Å². The maximum absolute atomic E-state index is 2.12. The largest absolute Gasteiger partial charge is 0.160 e. The molecule has 0 N–H and O–H groups in total. The zero-order valence-electron chi connectivity index (χ0n) is 12.7. The first-order valence-electron chi connectivity index (χ1n) is 7.51. The Morgan fingerprint density at radius 3 is 0.917 bits per heavy atom. The van der Waals surface area contributed by atoms with Crippen LogP contribution in [0.25, 0.3) is 0 Å². The van der Waals surface area contributed by atoms with Crippen molar-refractivity contribution >= 4 is 118 Å². The summed E-state index contributed by atoms with van der Waals surface area (Å²) in [5.41, 5.74) is 0. The van der Waals surface area contributed by atoms with E-state index in [-0.39, 0.29) is 0 Å². The first-order valence-corrected chi connectivity index (χ1v) is 17.0. The molecule has 0 aromatic rings. The molecule has 0 atom stereocenters. The topological polar surface area (TPSA) is 0 Å². The average molecular weight is 505 g/mol. The molecule has 4 rings (SSSR count). The lowest BCUT2D eigenvalue weighted by molar-refractivity contribution is 1.49. The highest BCUT2D eigenvalue weighted by Gasteiger charge is 2.31. The summed E-state index contributed by atoms with van der Waals surface area (Å²) >= 11 is 20.8. The second-order valence-corrected chi connectivity index (χ2v) is 17.3. The standard InChI is InChI=1S/C14H16S10/c1-5-17-9-10-19-7-3-16-4-8-20-12-11(18-6-2-15-1)23-14(24-12)13(21-9)22-10/h1-8H2. The summed E-state index contributed by atoms with van der Waals surface area (Å²) in [6.45, 7) is 0. The molecule has 10 heteroatoms. The van der Waals surface area contributed by atoms with Crippen molar-refractivity contribution in [1.29, 1.82) is 0 Å². The van der Waals surface area contributed by atoms with Gasteiger partial charge in [0.05, 0.1) is 25.4 Å². The molecule has 24 heavy (non-hydrogen) atoms. The second-order valence-electron chi connectivity index (χ2n) is 4.75. The molecule has 0 nitrogen and oxygen atoms in total. The van der Waals surface area contributed by atoms with Gasteiger partial charge in [0.25, 0.3) is 0 Å². The summed E-state index contributed by atoms with van der Waals surface area (Å²) in [5, 5.41) is 0. The fourth-order valence-electron chi connectivity index (χ4n) is 2.04. The van der Waals surface area contributed by atoms with Crippen molar-refractivity contribution in [2.75, 3.05) is 46.0 Å². The Bertz CT molecular complexity index is 484. The minimum atomic E-state index is 1.25. The van der Waals surface area contributed by atoms with Crippen LogP contribution in [0.3, 0.4) is 0 Å². The molecule has 132 valence electrons. The van der Waals surface area contributed by atoms with Crippen molar-refractivity contribution in [3.63, 3.8) is 0 Å². The van der Waals surface area contributed by atoms with Crippen LogP contribution in [0.1, 0.15) is 0 Å². The summed E-state index contributed by atoms with van der Waals surface area (Å²) in [4.78, 5) is 0. The fourth-order valence-corrected chi connectivity index (χ4v) is 16.5. The summed E-state index contributed by atoms with van der Waals surface area (Å²) in [7, 11) is 0. The van der Waals surface area contributed by atoms with Crippen LogP contribution in [0.2, 0.25) is 0 Å². The van der Waals surface area contributed by atoms with E-state index in [9.17, 15) is 0 Å². The van der Waals surface area contributed by atoms with Crippen LogP contribution in [0.15, 0.2) is 25.4 Å². The maximum atomic E-state index is 2.12. The first kappa shape index (κ1) is 20.0. The van der Waals surface area contributed by atoms with Gasteiger partial charge in [0.1, 0.15) is 0 Å². The van der Waals surface area contributed by atoms with E-state index in [4.69, 9.17) is 0 Å². The zero-order valence-corrected chi connectivity index (χ0v) is 20.9. The average Bonchev–Trinajstić information content (AvgIpc) is 3.17. The van der Waals surface area contributed by atoms with E-state index < -0.39 is 0 Å². The van der Waals surface area contributed by atoms with E-state index in [2.05, 4.69) is 70.6 Å². The third-order valence-corrected chi connectivity index (χ3v) is 17.7. The molecule has 4 aliphatic heterocycles. The fraction of sp³-hybridized carbons (Fsp3) is 0.571. The molecular weight excluding hydrogens is 489 g/mol. The summed E-state index contributed by atoms with van der Waals surface area (Å²) in [6, 6.07) is 0. The van der Waals surface area contributed by atoms with Gasteiger partial charge in [-0.15, -0.1) is 47.0 Å². The van der Waals surface area contributed by atoms with Gasteiger partial charge in [-0.1, -0.05) is 47.0 Å². The summed E-state index contributed by atoms with van der Waals surface area (Å²) in [6.07, 6.45) is 0. The molecule has 0 aromatic carbocycles. The predicted molar refractivity (Wildman–Crippen MR) is 136 cm³/mol. The van der Waals surface area contributed by atoms with Crippen molar-refractivity contribution in [3.8, 4) is 0 Å². The minimum Gasteiger partial charge on any atom is -0.160 e. The van der Waals surface area contributed by atoms with Gasteiger partial charge in [-0.2, -0.15) is 23.5 Å². The zero-order chi connectivity index (χ0) is 16.2. The van der Waals surface area contributed by atoms with Crippen molar-refractivity contribution in [1.82, 2.24) is 0 Å². The molecule has 0 aliphatic carbocycles. The van der Waals surface area contributed by atoms with Crippen molar-refractivity contribution < 1.29 is 0 Å². The summed E-state index contributed by atoms with van der Waals surface area (Å²) < 4.78 is 9.39. The highest BCUT2D eigenvalue weighted by atomic mass is 32.3. The SMILES string of the molecule is C1CSC2=C3SCCSCCSC4=C(SCCS1)SC(=C(S2)S3)S4. The van der Waals surface area contributed by atoms with Crippen LogP contribution >= 0.6 is 118 Å². The van der Waals surface area contributed by atoms with Gasteiger partial charge < -0.3 is 0 Å². The van der Waals surface area contributed by atoms with Crippen LogP contribution in [-0.2, 0) is 0 Å². The van der Waals surface area contributed by atoms with E-state index in [1.54, 1.807) is 25.4 Å². The number of hydrogen-bond acceptors (Lipinski definition) is 10. The third kappa shape index (κ3) is 5.41. The lowest BCUT2D eigenvalue weighted by atomic mass is 10.9. The predicted octanol–water partition coefficient (Wildman–Crippen LogP) is 7.75. The van der Waals surface area contributed by atoms with Crippen LogP contribution in [0.4, 0.5) is 0 Å². The Balaban J connectivity index is 1.63. The third-order valence-electron chi connectivity index (χ3n) is 3.08. The second kappa shape index (κ2) is 10.5. The van der Waals surface area contributed by atoms with Gasteiger partial charge in [-0.25, -0.2) is 0 Å². The van der Waals surface area contributed by atoms with E-state index >= 15 is 0 Å². The monoisotopic (exact) mass is 504 g/mol. The molecule has 0 amide bonds. The smallest absolute Gasteiger partial charge is 0.0717 e. The number of hydrogen-bond donors (Lipinski definition) is 0. The van der Waals surface area contributed by atoms with Gasteiger partial charge in [0.2, 0.25) is 0 Å². The highest BCUT2D eigenvalue weighted by molar-refractivity contribution is 8.45.